The second-order valence-corrected chi connectivity index (χ2v) is 6.18. The number of nitro groups is 1. The first kappa shape index (κ1) is 16.8. The number of tetrazole rings is 1. The maximum atomic E-state index is 11.9. The predicted octanol–water partition coefficient (Wildman–Crippen LogP) is 0.469. The fraction of sp³-hybridized carbons (Fsp3) is 0.308. The first-order valence-corrected chi connectivity index (χ1v) is 8.27. The summed E-state index contributed by atoms with van der Waals surface area (Å²) in [5, 5.41) is 22.6. The molecule has 12 heteroatoms. The van der Waals surface area contributed by atoms with E-state index in [1.54, 1.807) is 4.68 Å². The van der Waals surface area contributed by atoms with Gasteiger partial charge in [-0.2, -0.15) is 0 Å². The number of amides is 2. The summed E-state index contributed by atoms with van der Waals surface area (Å²) in [4.78, 5) is 33.8. The highest BCUT2D eigenvalue weighted by atomic mass is 32.2. The molecular formula is C13H13N7O4S. The number of aromatic nitrogens is 4. The summed E-state index contributed by atoms with van der Waals surface area (Å²) >= 11 is 1.16. The van der Waals surface area contributed by atoms with E-state index in [0.717, 1.165) is 30.7 Å². The van der Waals surface area contributed by atoms with Crippen molar-refractivity contribution in [3.8, 4) is 0 Å². The number of hydrogen-bond acceptors (Lipinski definition) is 8. The van der Waals surface area contributed by atoms with Crippen molar-refractivity contribution in [1.82, 2.24) is 31.1 Å². The lowest BCUT2D eigenvalue weighted by molar-refractivity contribution is -0.384. The van der Waals surface area contributed by atoms with E-state index in [-0.39, 0.29) is 17.0 Å². The van der Waals surface area contributed by atoms with Gasteiger partial charge < -0.3 is 0 Å². The van der Waals surface area contributed by atoms with Crippen LogP contribution in [0.15, 0.2) is 29.4 Å². The topological polar surface area (TPSA) is 145 Å². The smallest absolute Gasteiger partial charge is 0.270 e. The Morgan fingerprint density at radius 2 is 2.16 bits per heavy atom. The minimum absolute atomic E-state index is 0.0162. The van der Waals surface area contributed by atoms with E-state index in [4.69, 9.17) is 0 Å². The Kier molecular flexibility index (Phi) is 4.88. The number of thioether (sulfide) groups is 1. The minimum Gasteiger partial charge on any atom is -0.272 e. The summed E-state index contributed by atoms with van der Waals surface area (Å²) in [6.45, 7) is 0. The molecule has 2 aromatic rings. The van der Waals surface area contributed by atoms with Gasteiger partial charge in [0.1, 0.15) is 0 Å². The third-order valence-electron chi connectivity index (χ3n) is 3.32. The SMILES string of the molecule is O=C(CSc1nnnn1C1CC1)NNC(=O)c1cccc([N+](=O)[O-])c1. The van der Waals surface area contributed by atoms with Crippen molar-refractivity contribution in [3.05, 3.63) is 39.9 Å². The van der Waals surface area contributed by atoms with Crippen LogP contribution in [0.5, 0.6) is 0 Å². The van der Waals surface area contributed by atoms with Crippen molar-refractivity contribution in [2.24, 2.45) is 0 Å². The Bertz CT molecular complexity index is 820. The molecule has 0 radical (unpaired) electrons. The van der Waals surface area contributed by atoms with Gasteiger partial charge in [-0.3, -0.25) is 30.6 Å². The van der Waals surface area contributed by atoms with Crippen LogP contribution in [-0.4, -0.2) is 42.7 Å². The quantitative estimate of drug-likeness (QED) is 0.428. The third-order valence-corrected chi connectivity index (χ3v) is 4.26. The Morgan fingerprint density at radius 3 is 2.88 bits per heavy atom. The van der Waals surface area contributed by atoms with Crippen molar-refractivity contribution >= 4 is 29.3 Å². The number of rotatable bonds is 6. The second-order valence-electron chi connectivity index (χ2n) is 5.24. The number of hydrazine groups is 1. The van der Waals surface area contributed by atoms with Crippen molar-refractivity contribution in [1.29, 1.82) is 0 Å². The van der Waals surface area contributed by atoms with Crippen LogP contribution < -0.4 is 10.9 Å². The summed E-state index contributed by atoms with van der Waals surface area (Å²) in [5.41, 5.74) is 4.32. The molecule has 1 saturated carbocycles. The van der Waals surface area contributed by atoms with Crippen LogP contribution >= 0.6 is 11.8 Å². The van der Waals surface area contributed by atoms with Gasteiger partial charge in [-0.1, -0.05) is 17.8 Å². The number of benzene rings is 1. The van der Waals surface area contributed by atoms with E-state index in [1.807, 2.05) is 0 Å². The van der Waals surface area contributed by atoms with Crippen LogP contribution in [0.1, 0.15) is 29.2 Å². The Balaban J connectivity index is 1.48. The number of carbonyl (C=O) groups excluding carboxylic acids is 2. The van der Waals surface area contributed by atoms with Gasteiger partial charge in [-0.15, -0.1) is 5.10 Å². The van der Waals surface area contributed by atoms with Crippen LogP contribution in [0, 0.1) is 10.1 Å². The van der Waals surface area contributed by atoms with Crippen LogP contribution in [0.4, 0.5) is 5.69 Å². The zero-order valence-electron chi connectivity index (χ0n) is 12.8. The predicted molar refractivity (Wildman–Crippen MR) is 85.5 cm³/mol. The van der Waals surface area contributed by atoms with Crippen molar-refractivity contribution in [2.45, 2.75) is 24.0 Å². The standard InChI is InChI=1S/C13H13N7O4S/c21-11(7-25-13-16-17-18-19(13)9-4-5-9)14-15-12(22)8-2-1-3-10(6-8)20(23)24/h1-3,6,9H,4-5,7H2,(H,14,21)(H,15,22). The van der Waals surface area contributed by atoms with E-state index in [1.165, 1.54) is 18.2 Å². The molecule has 3 rings (SSSR count). The van der Waals surface area contributed by atoms with Crippen LogP contribution in [0.3, 0.4) is 0 Å². The fourth-order valence-electron chi connectivity index (χ4n) is 1.95. The van der Waals surface area contributed by atoms with Gasteiger partial charge in [0, 0.05) is 17.7 Å². The molecule has 1 fully saturated rings. The maximum Gasteiger partial charge on any atom is 0.270 e. The van der Waals surface area contributed by atoms with Crippen molar-refractivity contribution in [3.63, 3.8) is 0 Å². The molecule has 1 heterocycles. The first-order chi connectivity index (χ1) is 12.0. The highest BCUT2D eigenvalue weighted by Gasteiger charge is 2.28. The Labute approximate surface area is 145 Å². The lowest BCUT2D eigenvalue weighted by Gasteiger charge is -2.07. The molecule has 0 spiro atoms. The largest absolute Gasteiger partial charge is 0.272 e. The summed E-state index contributed by atoms with van der Waals surface area (Å²) < 4.78 is 1.68. The lowest BCUT2D eigenvalue weighted by Crippen LogP contribution is -2.42. The summed E-state index contributed by atoms with van der Waals surface area (Å²) in [6, 6.07) is 5.50. The van der Waals surface area contributed by atoms with Gasteiger partial charge in [0.25, 0.3) is 11.6 Å². The molecule has 1 aliphatic carbocycles. The molecule has 11 nitrogen and oxygen atoms in total. The highest BCUT2D eigenvalue weighted by Crippen LogP contribution is 2.36. The number of nitro benzene ring substituents is 1. The molecule has 0 atom stereocenters. The van der Waals surface area contributed by atoms with E-state index < -0.39 is 16.7 Å². The molecule has 0 bridgehead atoms. The molecule has 0 unspecified atom stereocenters. The lowest BCUT2D eigenvalue weighted by atomic mass is 10.2. The average molecular weight is 363 g/mol. The van der Waals surface area contributed by atoms with Gasteiger partial charge in [0.2, 0.25) is 11.1 Å². The molecule has 2 N–H and O–H groups in total. The van der Waals surface area contributed by atoms with Crippen LogP contribution in [0.25, 0.3) is 0 Å². The first-order valence-electron chi connectivity index (χ1n) is 7.29. The van der Waals surface area contributed by atoms with E-state index in [9.17, 15) is 19.7 Å². The number of hydrogen-bond donors (Lipinski definition) is 2. The minimum atomic E-state index is -0.648. The Morgan fingerprint density at radius 1 is 1.36 bits per heavy atom. The van der Waals surface area contributed by atoms with Crippen molar-refractivity contribution in [2.75, 3.05) is 5.75 Å². The molecule has 25 heavy (non-hydrogen) atoms. The average Bonchev–Trinajstić information content (AvgIpc) is 3.35. The normalized spacial score (nSPS) is 13.3. The highest BCUT2D eigenvalue weighted by molar-refractivity contribution is 7.99. The molecular weight excluding hydrogens is 350 g/mol. The second kappa shape index (κ2) is 7.25. The van der Waals surface area contributed by atoms with E-state index >= 15 is 0 Å². The van der Waals surface area contributed by atoms with E-state index in [0.29, 0.717) is 11.2 Å². The molecule has 0 aliphatic heterocycles. The van der Waals surface area contributed by atoms with Crippen LogP contribution in [0.2, 0.25) is 0 Å². The van der Waals surface area contributed by atoms with Gasteiger partial charge in [0.05, 0.1) is 16.7 Å². The maximum absolute atomic E-state index is 11.9. The molecule has 1 aromatic heterocycles. The summed E-state index contributed by atoms with van der Waals surface area (Å²) in [7, 11) is 0. The van der Waals surface area contributed by atoms with Crippen molar-refractivity contribution < 1.29 is 14.5 Å². The number of nitrogens with zero attached hydrogens (tertiary/aromatic N) is 5. The third kappa shape index (κ3) is 4.29. The van der Waals surface area contributed by atoms with Gasteiger partial charge in [-0.05, 0) is 29.3 Å². The summed E-state index contributed by atoms with van der Waals surface area (Å²) in [6.07, 6.45) is 2.04. The molecule has 1 aromatic carbocycles. The van der Waals surface area contributed by atoms with Gasteiger partial charge in [-0.25, -0.2) is 4.68 Å². The Hall–Kier alpha value is -3.02. The monoisotopic (exact) mass is 363 g/mol. The number of nitrogens with one attached hydrogen (secondary N) is 2. The van der Waals surface area contributed by atoms with Gasteiger partial charge >= 0.3 is 0 Å². The molecule has 130 valence electrons. The fourth-order valence-corrected chi connectivity index (χ4v) is 2.70. The molecule has 1 aliphatic rings. The zero-order valence-corrected chi connectivity index (χ0v) is 13.6. The number of carbonyl (C=O) groups is 2. The van der Waals surface area contributed by atoms with Gasteiger partial charge in [0.15, 0.2) is 0 Å². The molecule has 2 amide bonds. The molecule has 0 saturated heterocycles. The zero-order chi connectivity index (χ0) is 17.8. The number of non-ortho nitro benzene ring substituents is 1. The van der Waals surface area contributed by atoms with E-state index in [2.05, 4.69) is 26.4 Å². The van der Waals surface area contributed by atoms with Crippen LogP contribution in [-0.2, 0) is 4.79 Å². The summed E-state index contributed by atoms with van der Waals surface area (Å²) in [5.74, 6) is -1.08.